The van der Waals surface area contributed by atoms with E-state index in [2.05, 4.69) is 43.5 Å². The number of hydrogen-bond acceptors (Lipinski definition) is 6. The van der Waals surface area contributed by atoms with Crippen LogP contribution in [0, 0.1) is 0 Å². The minimum Gasteiger partial charge on any atom is -0.756 e. The second-order valence-corrected chi connectivity index (χ2v) is 24.9. The van der Waals surface area contributed by atoms with Gasteiger partial charge in [-0.15, -0.1) is 0 Å². The average molecular weight is 1050 g/mol. The maximum Gasteiger partial charge on any atom is 0.268 e. The number of phosphoric acid groups is 1. The first kappa shape index (κ1) is 72.0. The number of quaternary nitrogens is 1. The fraction of sp³-hybridized carbons (Fsp3) is 0.922. The molecule has 3 atom stereocenters. The molecule has 0 spiro atoms. The van der Waals surface area contributed by atoms with Gasteiger partial charge in [0.1, 0.15) is 13.2 Å². The molecule has 0 radical (unpaired) electrons. The number of likely N-dealkylation sites (N-methyl/N-ethyl adjacent to an activating group) is 1. The quantitative estimate of drug-likeness (QED) is 0.0272. The molecule has 0 heterocycles. The first-order valence-electron chi connectivity index (χ1n) is 32.2. The third kappa shape index (κ3) is 58.5. The van der Waals surface area contributed by atoms with Crippen molar-refractivity contribution >= 4 is 13.7 Å². The van der Waals surface area contributed by atoms with Crippen LogP contribution in [-0.4, -0.2) is 68.5 Å². The molecule has 3 unspecified atom stereocenters. The van der Waals surface area contributed by atoms with Crippen LogP contribution in [0.15, 0.2) is 24.3 Å². The zero-order valence-electron chi connectivity index (χ0n) is 49.6. The van der Waals surface area contributed by atoms with Gasteiger partial charge in [-0.05, 0) is 44.9 Å². The summed E-state index contributed by atoms with van der Waals surface area (Å²) >= 11 is 0. The van der Waals surface area contributed by atoms with E-state index in [1.165, 1.54) is 257 Å². The average Bonchev–Trinajstić information content (AvgIpc) is 3.35. The van der Waals surface area contributed by atoms with Crippen LogP contribution < -0.4 is 10.2 Å². The summed E-state index contributed by atoms with van der Waals surface area (Å²) in [5.74, 6) is -0.164. The molecule has 9 heteroatoms. The Morgan fingerprint density at radius 2 is 0.795 bits per heavy atom. The fourth-order valence-corrected chi connectivity index (χ4v) is 10.6. The predicted molar refractivity (Wildman–Crippen MR) is 316 cm³/mol. The third-order valence-corrected chi connectivity index (χ3v) is 15.9. The summed E-state index contributed by atoms with van der Waals surface area (Å²) in [6.07, 6.45) is 70.9. The highest BCUT2D eigenvalue weighted by molar-refractivity contribution is 7.45. The molecule has 434 valence electrons. The van der Waals surface area contributed by atoms with Crippen LogP contribution in [0.5, 0.6) is 0 Å². The lowest BCUT2D eigenvalue weighted by Crippen LogP contribution is -2.46. The van der Waals surface area contributed by atoms with Crippen LogP contribution in [0.3, 0.4) is 0 Å². The highest BCUT2D eigenvalue weighted by Gasteiger charge is 2.24. The number of aliphatic hydroxyl groups excluding tert-OH is 1. The molecule has 0 aromatic rings. The lowest BCUT2D eigenvalue weighted by molar-refractivity contribution is -0.870. The Hall–Kier alpha value is -1.02. The number of carbonyl (C=O) groups is 1. The smallest absolute Gasteiger partial charge is 0.268 e. The lowest BCUT2D eigenvalue weighted by atomic mass is 10.0. The Morgan fingerprint density at radius 3 is 1.16 bits per heavy atom. The van der Waals surface area contributed by atoms with E-state index in [1.807, 2.05) is 21.1 Å². The summed E-state index contributed by atoms with van der Waals surface area (Å²) in [5.41, 5.74) is 0. The highest BCUT2D eigenvalue weighted by Crippen LogP contribution is 2.38. The van der Waals surface area contributed by atoms with Gasteiger partial charge in [0.25, 0.3) is 7.82 Å². The Balaban J connectivity index is 4.01. The molecule has 0 rings (SSSR count). The monoisotopic (exact) mass is 1050 g/mol. The minimum atomic E-state index is -4.58. The number of allylic oxidation sites excluding steroid dienone is 4. The van der Waals surface area contributed by atoms with E-state index in [-0.39, 0.29) is 19.1 Å². The number of hydrogen-bond donors (Lipinski definition) is 2. The van der Waals surface area contributed by atoms with Gasteiger partial charge in [0, 0.05) is 6.42 Å². The highest BCUT2D eigenvalue weighted by atomic mass is 31.2. The Labute approximate surface area is 455 Å². The van der Waals surface area contributed by atoms with E-state index in [0.29, 0.717) is 23.9 Å². The number of carbonyl (C=O) groups excluding carboxylic acids is 1. The number of rotatable bonds is 60. The maximum absolute atomic E-state index is 13.0. The van der Waals surface area contributed by atoms with E-state index in [9.17, 15) is 19.4 Å². The second kappa shape index (κ2) is 55.7. The van der Waals surface area contributed by atoms with Crippen molar-refractivity contribution in [3.05, 3.63) is 24.3 Å². The topological polar surface area (TPSA) is 108 Å². The van der Waals surface area contributed by atoms with E-state index in [0.717, 1.165) is 44.9 Å². The molecular weight excluding hydrogens is 924 g/mol. The third-order valence-electron chi connectivity index (χ3n) is 14.9. The van der Waals surface area contributed by atoms with Crippen LogP contribution in [0.4, 0.5) is 0 Å². The number of nitrogens with zero attached hydrogens (tertiary/aromatic N) is 1. The van der Waals surface area contributed by atoms with Crippen LogP contribution in [0.25, 0.3) is 0 Å². The van der Waals surface area contributed by atoms with Crippen LogP contribution in [0.1, 0.15) is 328 Å². The van der Waals surface area contributed by atoms with Crippen molar-refractivity contribution in [2.24, 2.45) is 0 Å². The van der Waals surface area contributed by atoms with E-state index in [4.69, 9.17) is 9.05 Å². The summed E-state index contributed by atoms with van der Waals surface area (Å²) in [5, 5.41) is 14.1. The van der Waals surface area contributed by atoms with Gasteiger partial charge in [0.2, 0.25) is 5.91 Å². The van der Waals surface area contributed by atoms with Crippen molar-refractivity contribution in [3.8, 4) is 0 Å². The first-order valence-corrected chi connectivity index (χ1v) is 33.6. The summed E-state index contributed by atoms with van der Waals surface area (Å²) in [7, 11) is 1.31. The van der Waals surface area contributed by atoms with Crippen molar-refractivity contribution in [2.45, 2.75) is 341 Å². The van der Waals surface area contributed by atoms with Crippen LogP contribution in [-0.2, 0) is 18.4 Å². The van der Waals surface area contributed by atoms with Crippen molar-refractivity contribution in [1.82, 2.24) is 5.32 Å². The molecule has 1 amide bonds. The van der Waals surface area contributed by atoms with E-state index < -0.39 is 20.0 Å². The molecular formula is C64H127N2O6P. The normalized spacial score (nSPS) is 13.9. The number of nitrogens with one attached hydrogen (secondary N) is 1. The van der Waals surface area contributed by atoms with Gasteiger partial charge < -0.3 is 28.8 Å². The first-order chi connectivity index (χ1) is 35.5. The molecule has 2 N–H and O–H groups in total. The zero-order valence-corrected chi connectivity index (χ0v) is 50.5. The number of unbranched alkanes of at least 4 members (excludes halogenated alkanes) is 43. The Morgan fingerprint density at radius 1 is 0.479 bits per heavy atom. The molecule has 8 nitrogen and oxygen atoms in total. The molecule has 0 saturated heterocycles. The molecule has 0 aliphatic rings. The summed E-state index contributed by atoms with van der Waals surface area (Å²) in [4.78, 5) is 25.6. The molecule has 0 aliphatic heterocycles. The van der Waals surface area contributed by atoms with Gasteiger partial charge in [-0.25, -0.2) is 0 Å². The molecule has 0 aromatic carbocycles. The molecule has 73 heavy (non-hydrogen) atoms. The molecule has 0 aliphatic carbocycles. The van der Waals surface area contributed by atoms with E-state index in [1.54, 1.807) is 0 Å². The van der Waals surface area contributed by atoms with Crippen molar-refractivity contribution in [2.75, 3.05) is 40.9 Å². The zero-order chi connectivity index (χ0) is 53.5. The van der Waals surface area contributed by atoms with Gasteiger partial charge in [0.05, 0.1) is 39.9 Å². The second-order valence-electron chi connectivity index (χ2n) is 23.5. The van der Waals surface area contributed by atoms with Crippen molar-refractivity contribution in [1.29, 1.82) is 0 Å². The lowest BCUT2D eigenvalue weighted by Gasteiger charge is -2.30. The summed E-state index contributed by atoms with van der Waals surface area (Å²) in [6.45, 7) is 4.74. The summed E-state index contributed by atoms with van der Waals surface area (Å²) < 4.78 is 23.5. The fourth-order valence-electron chi connectivity index (χ4n) is 9.90. The largest absolute Gasteiger partial charge is 0.756 e. The van der Waals surface area contributed by atoms with Crippen molar-refractivity contribution in [3.63, 3.8) is 0 Å². The van der Waals surface area contributed by atoms with Crippen LogP contribution >= 0.6 is 7.82 Å². The van der Waals surface area contributed by atoms with Gasteiger partial charge in [0.15, 0.2) is 0 Å². The summed E-state index contributed by atoms with van der Waals surface area (Å²) in [6, 6.07) is -0.803. The molecule has 0 bridgehead atoms. The minimum absolute atomic E-state index is 0.0126. The molecule has 0 saturated carbocycles. The van der Waals surface area contributed by atoms with Gasteiger partial charge >= 0.3 is 0 Å². The number of amides is 1. The SMILES string of the molecule is CCCCC/C=C\C/C=C\CCCCCCCCCCCC(=O)NC(COP(=O)([O-])OCC[N+](C)(C)C)C(O)CCCCCCCCCCCCCCCCCCCCCCCCCCCCCCCCCC. The van der Waals surface area contributed by atoms with Gasteiger partial charge in [-0.2, -0.15) is 0 Å². The van der Waals surface area contributed by atoms with Gasteiger partial charge in [-0.3, -0.25) is 9.36 Å². The Kier molecular flexibility index (Phi) is 54.9. The molecule has 0 fully saturated rings. The number of phosphoric ester groups is 1. The van der Waals surface area contributed by atoms with Crippen LogP contribution in [0.2, 0.25) is 0 Å². The maximum atomic E-state index is 13.0. The standard InChI is InChI=1S/C64H127N2O6P/c1-6-8-10-12-14-16-18-20-22-24-26-27-28-29-30-31-32-33-34-35-36-37-38-40-41-43-45-47-49-51-53-55-57-63(67)62(61-72-73(69,70)71-60-59-66(3,4)5)65-64(68)58-56-54-52-50-48-46-44-42-39-25-23-21-19-17-15-13-11-9-7-2/h15,17,21,23,62-63,67H,6-14,16,18-20,22,24-61H2,1-5H3,(H-,65,68,69,70)/b17-15-,23-21-. The Bertz CT molecular complexity index is 1240. The molecule has 0 aromatic heterocycles. The predicted octanol–water partition coefficient (Wildman–Crippen LogP) is 19.3. The van der Waals surface area contributed by atoms with Crippen molar-refractivity contribution < 1.29 is 32.9 Å². The number of aliphatic hydroxyl groups is 1. The van der Waals surface area contributed by atoms with E-state index >= 15 is 0 Å². The van der Waals surface area contributed by atoms with Gasteiger partial charge in [-0.1, -0.05) is 301 Å².